The van der Waals surface area contributed by atoms with Gasteiger partial charge >= 0.3 is 370 Å². The molecule has 0 radical (unpaired) electrons. The second-order valence-corrected chi connectivity index (χ2v) is 19.0. The normalized spacial score (nSPS) is 11.9. The zero-order valence-electron chi connectivity index (χ0n) is 23.3. The molecule has 0 N–H and O–H groups in total. The molecule has 4 aromatic carbocycles. The molecule has 0 aliphatic heterocycles. The first-order valence-corrected chi connectivity index (χ1v) is 21.3. The molecule has 264 valence electrons. The molecule has 0 aromatic heterocycles. The summed E-state index contributed by atoms with van der Waals surface area (Å²) in [7, 11) is 0. The molecule has 0 heterocycles. The Morgan fingerprint density at radius 2 is 0.469 bits per heavy atom. The molecule has 4 nitrogen and oxygen atoms in total. The third-order valence-electron chi connectivity index (χ3n) is 6.33. The van der Waals surface area contributed by atoms with E-state index in [2.05, 4.69) is 0 Å². The minimum absolute atomic E-state index is 0.0121. The molecule has 0 aliphatic carbocycles. The second kappa shape index (κ2) is 18.8. The molecule has 0 unspecified atom stereocenters. The van der Waals surface area contributed by atoms with E-state index in [9.17, 15) is 0 Å². The summed E-state index contributed by atoms with van der Waals surface area (Å²) < 4.78 is 25.4. The van der Waals surface area contributed by atoms with E-state index in [1.165, 1.54) is 24.3 Å². The van der Waals surface area contributed by atoms with Crippen LogP contribution in [0.5, 0.6) is 0 Å². The molecule has 0 spiro atoms. The Kier molecular flexibility index (Phi) is 16.8. The molecular weight excluding hydrogens is 1020 g/mol. The molecule has 0 bridgehead atoms. The van der Waals surface area contributed by atoms with Crippen molar-refractivity contribution in [3.8, 4) is 0 Å². The second-order valence-electron chi connectivity index (χ2n) is 9.49. The molecule has 49 heavy (non-hydrogen) atoms. The predicted octanol–water partition coefficient (Wildman–Crippen LogP) is 17.1. The van der Waals surface area contributed by atoms with Gasteiger partial charge in [-0.3, -0.25) is 0 Å². The Morgan fingerprint density at radius 1 is 0.286 bits per heavy atom. The molecule has 0 fully saturated rings. The summed E-state index contributed by atoms with van der Waals surface area (Å²) in [6.07, 6.45) is 0. The van der Waals surface area contributed by atoms with Crippen molar-refractivity contribution in [2.24, 2.45) is 0 Å². The van der Waals surface area contributed by atoms with E-state index in [1.54, 1.807) is 0 Å². The topological polar surface area (TPSA) is 36.9 Å². The average molecular weight is 1030 g/mol. The summed E-state index contributed by atoms with van der Waals surface area (Å²) in [6, 6.07) is 5.80. The van der Waals surface area contributed by atoms with Crippen molar-refractivity contribution in [2.45, 2.75) is 26.4 Å². The molecule has 0 atom stereocenters. The van der Waals surface area contributed by atoms with Crippen molar-refractivity contribution in [3.05, 3.63) is 127 Å². The molecule has 21 heteroatoms. The summed E-state index contributed by atoms with van der Waals surface area (Å²) >= 11 is 95.8. The number of halogens is 16. The van der Waals surface area contributed by atoms with Crippen LogP contribution in [0, 0.1) is 0 Å². The maximum atomic E-state index is 6.50. The number of hydrogen-bond donors (Lipinski definition) is 0. The van der Waals surface area contributed by atoms with Crippen molar-refractivity contribution in [2.75, 3.05) is 0 Å². The van der Waals surface area contributed by atoms with Crippen LogP contribution in [0.2, 0.25) is 80.4 Å². The zero-order valence-corrected chi connectivity index (χ0v) is 37.0. The number of hydrogen-bond acceptors (Lipinski definition) is 4. The van der Waals surface area contributed by atoms with Gasteiger partial charge in [-0.25, -0.2) is 0 Å². The third kappa shape index (κ3) is 10.3. The van der Waals surface area contributed by atoms with Crippen LogP contribution < -0.4 is 0 Å². The minimum atomic E-state index is -5.23. The van der Waals surface area contributed by atoms with E-state index < -0.39 is 18.1 Å². The van der Waals surface area contributed by atoms with Crippen molar-refractivity contribution in [1.82, 2.24) is 0 Å². The summed E-state index contributed by atoms with van der Waals surface area (Å²) in [6.45, 7) is -1.29. The molecule has 0 aliphatic rings. The van der Waals surface area contributed by atoms with Gasteiger partial charge in [0.2, 0.25) is 0 Å². The van der Waals surface area contributed by atoms with E-state index in [0.29, 0.717) is 22.3 Å². The van der Waals surface area contributed by atoms with Crippen LogP contribution in [0.25, 0.3) is 0 Å². The first-order chi connectivity index (χ1) is 22.9. The van der Waals surface area contributed by atoms with Crippen LogP contribution in [0.1, 0.15) is 22.3 Å². The summed E-state index contributed by atoms with van der Waals surface area (Å²) in [5.74, 6) is 0. The van der Waals surface area contributed by atoms with Crippen LogP contribution in [-0.2, 0) is 57.8 Å². The first kappa shape index (κ1) is 43.8. The third-order valence-corrected chi connectivity index (χ3v) is 16.6. The summed E-state index contributed by atoms with van der Waals surface area (Å²) in [4.78, 5) is 0. The Balaban J connectivity index is 1.83. The quantitative estimate of drug-likeness (QED) is 0.0805. The Hall–Kier alpha value is 2.07. The van der Waals surface area contributed by atoms with Gasteiger partial charge in [0.25, 0.3) is 0 Å². The molecule has 0 saturated heterocycles. The fourth-order valence-electron chi connectivity index (χ4n) is 3.82. The number of benzene rings is 4. The van der Waals surface area contributed by atoms with E-state index in [4.69, 9.17) is 199 Å². The van der Waals surface area contributed by atoms with Gasteiger partial charge < -0.3 is 0 Å². The van der Waals surface area contributed by atoms with E-state index in [-0.39, 0.29) is 107 Å². The zero-order chi connectivity index (χ0) is 36.5. The van der Waals surface area contributed by atoms with Crippen LogP contribution in [0.4, 0.5) is 0 Å². The molecule has 4 rings (SSSR count). The monoisotopic (exact) mass is 1020 g/mol. The Bertz CT molecular complexity index is 1650. The van der Waals surface area contributed by atoms with Gasteiger partial charge in [0, 0.05) is 0 Å². The van der Waals surface area contributed by atoms with Crippen molar-refractivity contribution in [1.29, 1.82) is 0 Å². The average Bonchev–Trinajstić information content (AvgIpc) is 3.08. The van der Waals surface area contributed by atoms with Crippen LogP contribution in [-0.4, -0.2) is 0 Å². The van der Waals surface area contributed by atoms with Gasteiger partial charge in [0.15, 0.2) is 0 Å². The van der Waals surface area contributed by atoms with Crippen molar-refractivity contribution in [3.63, 3.8) is 0 Å². The van der Waals surface area contributed by atoms with Gasteiger partial charge in [0.05, 0.1) is 0 Å². The van der Waals surface area contributed by atoms with E-state index >= 15 is 0 Å². The van der Waals surface area contributed by atoms with Crippen molar-refractivity contribution < 1.29 is 31.4 Å². The van der Waals surface area contributed by atoms with E-state index in [0.717, 1.165) is 0 Å². The van der Waals surface area contributed by atoms with Gasteiger partial charge in [-0.1, -0.05) is 0 Å². The first-order valence-electron chi connectivity index (χ1n) is 12.7. The fourth-order valence-corrected chi connectivity index (χ4v) is 10.3. The molecular formula is C28H12Cl16O4Ti. The van der Waals surface area contributed by atoms with Gasteiger partial charge in [-0.15, -0.1) is 0 Å². The van der Waals surface area contributed by atoms with Crippen LogP contribution >= 0.6 is 186 Å². The number of rotatable bonds is 12. The molecule has 0 saturated carbocycles. The van der Waals surface area contributed by atoms with Crippen LogP contribution in [0.15, 0.2) is 24.3 Å². The van der Waals surface area contributed by atoms with Crippen LogP contribution in [0.3, 0.4) is 0 Å². The predicted molar refractivity (Wildman–Crippen MR) is 205 cm³/mol. The maximum absolute atomic E-state index is 6.50. The SMILES string of the molecule is Clc1cc(C[O][Ti]([O]Cc2cc(Cl)c(Cl)c(Cl)c2Cl)([O]Cc2cc(Cl)c(Cl)c(Cl)c2Cl)[O]Cc2cc(Cl)c(Cl)c(Cl)c2Cl)c(Cl)c(Cl)c1Cl. The van der Waals surface area contributed by atoms with Crippen molar-refractivity contribution >= 4 is 186 Å². The van der Waals surface area contributed by atoms with E-state index in [1.807, 2.05) is 0 Å². The van der Waals surface area contributed by atoms with Gasteiger partial charge in [0.1, 0.15) is 0 Å². The fraction of sp³-hybridized carbons (Fsp3) is 0.143. The Morgan fingerprint density at radius 3 is 0.653 bits per heavy atom. The molecule has 4 aromatic rings. The standard InChI is InChI=1S/4C7H3Cl4O.Ti/c4*8-4-1-3(2-12)5(9)7(11)6(4)10;/h4*1H,2H2;/q4*-1;+4. The Labute approximate surface area is 365 Å². The summed E-state index contributed by atoms with van der Waals surface area (Å²) in [5, 5.41) is 0.691. The van der Waals surface area contributed by atoms with Gasteiger partial charge in [-0.05, 0) is 0 Å². The molecule has 0 amide bonds. The summed E-state index contributed by atoms with van der Waals surface area (Å²) in [5.41, 5.74) is 1.20. The van der Waals surface area contributed by atoms with Gasteiger partial charge in [-0.2, -0.15) is 0 Å².